The van der Waals surface area contributed by atoms with Crippen LogP contribution >= 0.6 is 0 Å². The van der Waals surface area contributed by atoms with Crippen molar-refractivity contribution < 1.29 is 0 Å². The molecule has 0 amide bonds. The van der Waals surface area contributed by atoms with Crippen molar-refractivity contribution in [1.82, 2.24) is 0 Å². The van der Waals surface area contributed by atoms with Gasteiger partial charge in [0.2, 0.25) is 0 Å². The van der Waals surface area contributed by atoms with Crippen LogP contribution in [0.2, 0.25) is 0 Å². The van der Waals surface area contributed by atoms with Gasteiger partial charge in [-0.3, -0.25) is 0 Å². The zero-order valence-electron chi connectivity index (χ0n) is 16.0. The largest absolute Gasteiger partial charge is 0.399 e. The second kappa shape index (κ2) is 6.61. The molecule has 4 atom stereocenters. The fourth-order valence-electron chi connectivity index (χ4n) is 4.62. The van der Waals surface area contributed by atoms with E-state index in [1.807, 2.05) is 30.3 Å². The molecule has 0 saturated heterocycles. The Bertz CT molecular complexity index is 928. The van der Waals surface area contributed by atoms with Crippen LogP contribution in [0, 0.1) is 57.2 Å². The van der Waals surface area contributed by atoms with Gasteiger partial charge in [0, 0.05) is 5.92 Å². The van der Waals surface area contributed by atoms with Gasteiger partial charge in [-0.1, -0.05) is 57.2 Å². The van der Waals surface area contributed by atoms with Crippen molar-refractivity contribution in [2.75, 3.05) is 0 Å². The van der Waals surface area contributed by atoms with Crippen LogP contribution in [0.1, 0.15) is 39.2 Å². The number of hydrogen-bond donors (Lipinski definition) is 1. The maximum Gasteiger partial charge on any atom is 0.139 e. The van der Waals surface area contributed by atoms with Crippen LogP contribution in [0.4, 0.5) is 0 Å². The molecule has 0 saturated carbocycles. The number of rotatable bonds is 1. The molecule has 0 spiro atoms. The summed E-state index contributed by atoms with van der Waals surface area (Å²) in [4.78, 5) is 0. The lowest BCUT2D eigenvalue weighted by molar-refractivity contribution is 0.167. The van der Waals surface area contributed by atoms with E-state index < -0.39 is 11.3 Å². The molecule has 3 rings (SSSR count). The average molecular weight is 356 g/mol. The predicted octanol–water partition coefficient (Wildman–Crippen LogP) is 4.34. The smallest absolute Gasteiger partial charge is 0.139 e. The van der Waals surface area contributed by atoms with Crippen LogP contribution in [0.15, 0.2) is 53.3 Å². The molecule has 136 valence electrons. The quantitative estimate of drug-likeness (QED) is 0.809. The lowest BCUT2D eigenvalue weighted by Gasteiger charge is -2.46. The summed E-state index contributed by atoms with van der Waals surface area (Å²) in [7, 11) is 0. The molecule has 0 aromatic heterocycles. The van der Waals surface area contributed by atoms with E-state index >= 15 is 0 Å². The van der Waals surface area contributed by atoms with Gasteiger partial charge in [0.15, 0.2) is 0 Å². The van der Waals surface area contributed by atoms with E-state index in [0.717, 1.165) is 18.4 Å². The molecule has 0 unspecified atom stereocenters. The molecule has 0 heterocycles. The van der Waals surface area contributed by atoms with Gasteiger partial charge in [-0.15, -0.1) is 0 Å². The van der Waals surface area contributed by atoms with E-state index in [9.17, 15) is 15.8 Å². The topological polar surface area (TPSA) is 97.4 Å². The predicted molar refractivity (Wildman–Crippen MR) is 103 cm³/mol. The van der Waals surface area contributed by atoms with Crippen molar-refractivity contribution in [2.24, 2.45) is 28.9 Å². The highest BCUT2D eigenvalue weighted by atomic mass is 14.7. The first-order chi connectivity index (χ1) is 12.8. The van der Waals surface area contributed by atoms with Crippen LogP contribution in [-0.4, -0.2) is 0 Å². The molecule has 27 heavy (non-hydrogen) atoms. The monoisotopic (exact) mass is 356 g/mol. The zero-order valence-corrected chi connectivity index (χ0v) is 16.0. The number of nitrogens with zero attached hydrogens (tertiary/aromatic N) is 3. The Hall–Kier alpha value is -3.03. The van der Waals surface area contributed by atoms with Crippen LogP contribution < -0.4 is 5.73 Å². The highest BCUT2D eigenvalue weighted by Crippen LogP contribution is 2.54. The third-order valence-corrected chi connectivity index (χ3v) is 6.29. The lowest BCUT2D eigenvalue weighted by Crippen LogP contribution is -2.48. The third kappa shape index (κ3) is 2.72. The summed E-state index contributed by atoms with van der Waals surface area (Å²) in [5.74, 6) is -0.415. The Morgan fingerprint density at radius 3 is 2.30 bits per heavy atom. The number of fused-ring (bicyclic) bond motifs is 1. The fraction of sp³-hybridized carbons (Fsp3) is 0.435. The summed E-state index contributed by atoms with van der Waals surface area (Å²) in [5.41, 5.74) is 7.35. The van der Waals surface area contributed by atoms with Crippen molar-refractivity contribution in [3.8, 4) is 18.2 Å². The van der Waals surface area contributed by atoms with Gasteiger partial charge < -0.3 is 5.73 Å². The molecule has 2 aliphatic carbocycles. The van der Waals surface area contributed by atoms with Crippen molar-refractivity contribution >= 4 is 0 Å². The Morgan fingerprint density at radius 2 is 1.78 bits per heavy atom. The van der Waals surface area contributed by atoms with Crippen molar-refractivity contribution in [3.05, 3.63) is 58.8 Å². The summed E-state index contributed by atoms with van der Waals surface area (Å²) in [6.45, 7) is 6.60. The molecular weight excluding hydrogens is 332 g/mol. The maximum absolute atomic E-state index is 10.3. The summed E-state index contributed by atoms with van der Waals surface area (Å²) in [5, 5.41) is 30.2. The minimum atomic E-state index is -1.30. The normalized spacial score (nSPS) is 30.4. The summed E-state index contributed by atoms with van der Waals surface area (Å²) >= 11 is 0. The second-order valence-electron chi connectivity index (χ2n) is 8.59. The van der Waals surface area contributed by atoms with Gasteiger partial charge in [-0.05, 0) is 35.3 Å². The van der Waals surface area contributed by atoms with Gasteiger partial charge in [-0.25, -0.2) is 0 Å². The van der Waals surface area contributed by atoms with E-state index in [-0.39, 0.29) is 17.0 Å². The van der Waals surface area contributed by atoms with Gasteiger partial charge in [0.1, 0.15) is 11.5 Å². The van der Waals surface area contributed by atoms with Gasteiger partial charge >= 0.3 is 0 Å². The summed E-state index contributed by atoms with van der Waals surface area (Å²) in [6.07, 6.45) is 3.71. The number of nitriles is 3. The number of allylic oxidation sites excluding steroid dienone is 4. The standard InChI is InChI=1S/C23H24N4/c1-22(2,3)16-9-10-17-18(11-16)20(13-25)23(14-26,21(27)19(17)12-24)15-7-5-4-6-8-15/h4-8,10,16,18,20H,9,11,27H2,1-3H3/t16-,18-,20-,23+/m0/s1. The van der Waals surface area contributed by atoms with Crippen LogP contribution in [0.3, 0.4) is 0 Å². The number of benzene rings is 1. The zero-order chi connectivity index (χ0) is 19.8. The molecule has 1 aromatic rings. The Morgan fingerprint density at radius 1 is 1.11 bits per heavy atom. The third-order valence-electron chi connectivity index (χ3n) is 6.29. The summed E-state index contributed by atoms with van der Waals surface area (Å²) < 4.78 is 0. The maximum atomic E-state index is 10.3. The van der Waals surface area contributed by atoms with E-state index in [1.54, 1.807) is 0 Å². The van der Waals surface area contributed by atoms with Crippen molar-refractivity contribution in [3.63, 3.8) is 0 Å². The van der Waals surface area contributed by atoms with E-state index in [4.69, 9.17) is 5.73 Å². The Labute approximate surface area is 161 Å². The molecular formula is C23H24N4. The van der Waals surface area contributed by atoms with E-state index in [1.165, 1.54) is 0 Å². The van der Waals surface area contributed by atoms with Crippen LogP contribution in [-0.2, 0) is 5.41 Å². The molecule has 4 nitrogen and oxygen atoms in total. The van der Waals surface area contributed by atoms with Gasteiger partial charge in [-0.2, -0.15) is 15.8 Å². The molecule has 1 aromatic carbocycles. The molecule has 4 heteroatoms. The lowest BCUT2D eigenvalue weighted by atomic mass is 9.54. The molecule has 2 aliphatic rings. The van der Waals surface area contributed by atoms with Crippen molar-refractivity contribution in [1.29, 1.82) is 15.8 Å². The van der Waals surface area contributed by atoms with Crippen molar-refractivity contribution in [2.45, 2.75) is 39.0 Å². The second-order valence-corrected chi connectivity index (χ2v) is 8.59. The fourth-order valence-corrected chi connectivity index (χ4v) is 4.62. The number of nitrogens with two attached hydrogens (primary N) is 1. The minimum Gasteiger partial charge on any atom is -0.399 e. The Balaban J connectivity index is 2.28. The summed E-state index contributed by atoms with van der Waals surface area (Å²) in [6, 6.07) is 16.2. The van der Waals surface area contributed by atoms with Crippen LogP contribution in [0.25, 0.3) is 0 Å². The first-order valence-corrected chi connectivity index (χ1v) is 9.28. The van der Waals surface area contributed by atoms with Gasteiger partial charge in [0.25, 0.3) is 0 Å². The Kier molecular flexibility index (Phi) is 4.59. The minimum absolute atomic E-state index is 0.0869. The highest BCUT2D eigenvalue weighted by Gasteiger charge is 2.55. The molecule has 0 radical (unpaired) electrons. The van der Waals surface area contributed by atoms with Crippen LogP contribution in [0.5, 0.6) is 0 Å². The first kappa shape index (κ1) is 18.8. The molecule has 0 aliphatic heterocycles. The molecule has 0 fully saturated rings. The molecule has 0 bridgehead atoms. The number of hydrogen-bond acceptors (Lipinski definition) is 4. The average Bonchev–Trinajstić information content (AvgIpc) is 2.66. The van der Waals surface area contributed by atoms with Gasteiger partial charge in [0.05, 0.1) is 29.3 Å². The van der Waals surface area contributed by atoms with E-state index in [2.05, 4.69) is 45.1 Å². The van der Waals surface area contributed by atoms with E-state index in [0.29, 0.717) is 17.1 Å². The highest BCUT2D eigenvalue weighted by molar-refractivity contribution is 5.60. The SMILES string of the molecule is CC(C)(C)[C@H]1CC=C2C(C#N)=C(N)[C@](C#N)(c3ccccc3)[C@@H](C#N)[C@H]2C1. The molecule has 2 N–H and O–H groups in total. The first-order valence-electron chi connectivity index (χ1n) is 9.28.